The molecular formula is C39H30O4. The van der Waals surface area contributed by atoms with Crippen molar-refractivity contribution in [1.82, 2.24) is 0 Å². The van der Waals surface area contributed by atoms with Gasteiger partial charge in [0.1, 0.15) is 6.61 Å². The summed E-state index contributed by atoms with van der Waals surface area (Å²) in [5, 5.41) is 7.45. The Morgan fingerprint density at radius 1 is 0.651 bits per heavy atom. The van der Waals surface area contributed by atoms with Crippen LogP contribution in [0.15, 0.2) is 122 Å². The predicted octanol–water partition coefficient (Wildman–Crippen LogP) is 8.76. The van der Waals surface area contributed by atoms with Gasteiger partial charge in [-0.15, -0.1) is 0 Å². The number of benzene rings is 6. The molecule has 1 atom stereocenters. The number of hydrogen-bond acceptors (Lipinski definition) is 4. The summed E-state index contributed by atoms with van der Waals surface area (Å²) in [6.45, 7) is 7.49. The summed E-state index contributed by atoms with van der Waals surface area (Å²) >= 11 is 0. The molecule has 0 N–H and O–H groups in total. The van der Waals surface area contributed by atoms with Crippen molar-refractivity contribution in [2.45, 2.75) is 18.3 Å². The molecule has 0 heterocycles. The Kier molecular flexibility index (Phi) is 6.55. The minimum atomic E-state index is -0.620. The van der Waals surface area contributed by atoms with Gasteiger partial charge in [-0.05, 0) is 84.6 Å². The average molecular weight is 563 g/mol. The lowest BCUT2D eigenvalue weighted by molar-refractivity contribution is -0.139. The molecule has 43 heavy (non-hydrogen) atoms. The maximum absolute atomic E-state index is 12.4. The van der Waals surface area contributed by atoms with Crippen molar-refractivity contribution in [3.8, 4) is 22.3 Å². The van der Waals surface area contributed by atoms with Crippen LogP contribution in [-0.2, 0) is 24.5 Å². The average Bonchev–Trinajstić information content (AvgIpc) is 3.33. The van der Waals surface area contributed by atoms with E-state index in [-0.39, 0.29) is 13.2 Å². The van der Waals surface area contributed by atoms with Crippen LogP contribution in [0.2, 0.25) is 0 Å². The zero-order valence-electron chi connectivity index (χ0n) is 23.8. The first-order valence-corrected chi connectivity index (χ1v) is 14.5. The van der Waals surface area contributed by atoms with Gasteiger partial charge in [0.05, 0.1) is 12.0 Å². The summed E-state index contributed by atoms with van der Waals surface area (Å²) in [6.07, 6.45) is 3.57. The fourth-order valence-corrected chi connectivity index (χ4v) is 6.97. The van der Waals surface area contributed by atoms with Crippen LogP contribution in [0.4, 0.5) is 0 Å². The van der Waals surface area contributed by atoms with Crippen LogP contribution in [0.1, 0.15) is 24.0 Å². The van der Waals surface area contributed by atoms with Crippen molar-refractivity contribution in [2.75, 3.05) is 13.2 Å². The third kappa shape index (κ3) is 4.29. The van der Waals surface area contributed by atoms with Crippen molar-refractivity contribution in [3.05, 3.63) is 133 Å². The van der Waals surface area contributed by atoms with Crippen molar-refractivity contribution in [2.24, 2.45) is 0 Å². The molecule has 7 rings (SSSR count). The highest BCUT2D eigenvalue weighted by Gasteiger charge is 2.44. The van der Waals surface area contributed by atoms with Crippen LogP contribution in [0.5, 0.6) is 0 Å². The Bertz CT molecular complexity index is 2050. The summed E-state index contributed by atoms with van der Waals surface area (Å²) in [6, 6.07) is 34.6. The Labute approximate surface area is 250 Å². The fraction of sp³-hybridized carbons (Fsp3) is 0.128. The molecule has 0 aliphatic heterocycles. The second-order valence-electron chi connectivity index (χ2n) is 11.1. The number of ether oxygens (including phenoxy) is 2. The Morgan fingerprint density at radius 2 is 1.30 bits per heavy atom. The van der Waals surface area contributed by atoms with Gasteiger partial charge in [0.15, 0.2) is 0 Å². The highest BCUT2D eigenvalue weighted by molar-refractivity contribution is 6.25. The molecule has 0 bridgehead atoms. The van der Waals surface area contributed by atoms with Gasteiger partial charge in [0, 0.05) is 12.2 Å². The van der Waals surface area contributed by atoms with Crippen LogP contribution in [0.25, 0.3) is 54.6 Å². The van der Waals surface area contributed by atoms with Crippen LogP contribution in [0.3, 0.4) is 0 Å². The van der Waals surface area contributed by atoms with Gasteiger partial charge in [0.25, 0.3) is 0 Å². The second-order valence-corrected chi connectivity index (χ2v) is 11.1. The molecule has 4 nitrogen and oxygen atoms in total. The van der Waals surface area contributed by atoms with E-state index in [9.17, 15) is 9.59 Å². The lowest BCUT2D eigenvalue weighted by Crippen LogP contribution is -2.33. The van der Waals surface area contributed by atoms with Crippen LogP contribution in [-0.4, -0.2) is 25.2 Å². The van der Waals surface area contributed by atoms with Crippen LogP contribution >= 0.6 is 0 Å². The Balaban J connectivity index is 1.40. The Morgan fingerprint density at radius 3 is 2.09 bits per heavy atom. The number of esters is 2. The third-order valence-electron chi connectivity index (χ3n) is 8.89. The van der Waals surface area contributed by atoms with Gasteiger partial charge in [-0.1, -0.05) is 104 Å². The normalized spacial score (nSPS) is 15.3. The minimum Gasteiger partial charge on any atom is -0.463 e. The lowest BCUT2D eigenvalue weighted by atomic mass is 9.74. The van der Waals surface area contributed by atoms with Crippen LogP contribution in [0, 0.1) is 0 Å². The second kappa shape index (κ2) is 10.6. The van der Waals surface area contributed by atoms with Gasteiger partial charge in [0.2, 0.25) is 0 Å². The lowest BCUT2D eigenvalue weighted by Gasteiger charge is -2.32. The maximum Gasteiger partial charge on any atom is 0.330 e. The SMILES string of the molecule is C=CC(=O)OCCCC1(COC(=O)C=C)c2ccccc2-c2ccc(-c3ccc4ccc5cccc6ccc3c4c56)cc21. The highest BCUT2D eigenvalue weighted by Crippen LogP contribution is 2.53. The van der Waals surface area contributed by atoms with E-state index >= 15 is 0 Å². The first kappa shape index (κ1) is 26.7. The molecule has 0 saturated heterocycles. The van der Waals surface area contributed by atoms with Gasteiger partial charge in [-0.2, -0.15) is 0 Å². The topological polar surface area (TPSA) is 52.6 Å². The molecule has 1 aliphatic rings. The largest absolute Gasteiger partial charge is 0.463 e. The van der Waals surface area contributed by atoms with Gasteiger partial charge >= 0.3 is 11.9 Å². The molecule has 4 heteroatoms. The number of fused-ring (bicyclic) bond motifs is 3. The number of hydrogen-bond donors (Lipinski definition) is 0. The van der Waals surface area contributed by atoms with Crippen molar-refractivity contribution in [1.29, 1.82) is 0 Å². The van der Waals surface area contributed by atoms with Crippen molar-refractivity contribution < 1.29 is 19.1 Å². The Hall–Kier alpha value is -5.22. The molecule has 6 aromatic carbocycles. The highest BCUT2D eigenvalue weighted by atomic mass is 16.5. The van der Waals surface area contributed by atoms with E-state index in [1.807, 2.05) is 12.1 Å². The summed E-state index contributed by atoms with van der Waals surface area (Å²) in [5.74, 6) is -0.915. The number of carbonyl (C=O) groups excluding carboxylic acids is 2. The summed E-state index contributed by atoms with van der Waals surface area (Å²) in [4.78, 5) is 24.1. The zero-order chi connectivity index (χ0) is 29.6. The number of carbonyl (C=O) groups is 2. The molecule has 0 aromatic heterocycles. The molecule has 210 valence electrons. The smallest absolute Gasteiger partial charge is 0.330 e. The van der Waals surface area contributed by atoms with E-state index in [0.717, 1.165) is 33.4 Å². The van der Waals surface area contributed by atoms with Gasteiger partial charge < -0.3 is 9.47 Å². The predicted molar refractivity (Wildman–Crippen MR) is 173 cm³/mol. The summed E-state index contributed by atoms with van der Waals surface area (Å²) in [7, 11) is 0. The minimum absolute atomic E-state index is 0.152. The quantitative estimate of drug-likeness (QED) is 0.0765. The molecule has 0 spiro atoms. The monoisotopic (exact) mass is 562 g/mol. The van der Waals surface area contributed by atoms with Crippen molar-refractivity contribution >= 4 is 44.3 Å². The van der Waals surface area contributed by atoms with Crippen molar-refractivity contribution in [3.63, 3.8) is 0 Å². The van der Waals surface area contributed by atoms with E-state index in [4.69, 9.17) is 9.47 Å². The van der Waals surface area contributed by atoms with E-state index in [2.05, 4.69) is 98.1 Å². The van der Waals surface area contributed by atoms with E-state index in [1.165, 1.54) is 44.5 Å². The molecule has 6 aromatic rings. The molecule has 0 saturated carbocycles. The van der Waals surface area contributed by atoms with E-state index < -0.39 is 17.4 Å². The van der Waals surface area contributed by atoms with Gasteiger partial charge in [-0.3, -0.25) is 0 Å². The first-order chi connectivity index (χ1) is 21.0. The van der Waals surface area contributed by atoms with Crippen LogP contribution < -0.4 is 0 Å². The third-order valence-corrected chi connectivity index (χ3v) is 8.89. The fourth-order valence-electron chi connectivity index (χ4n) is 6.97. The number of rotatable bonds is 9. The standard InChI is InChI=1S/C39H30O4/c1-3-35(40)42-22-8-21-39(24-43-36(41)4-2)33-12-6-5-11-30(33)31-19-17-28(23-34(31)39)29-18-15-27-14-13-25-9-7-10-26-16-20-32(29)38(27)37(25)26/h3-7,9-20,23H,1-2,8,21-22,24H2. The molecule has 0 fully saturated rings. The molecule has 1 unspecified atom stereocenters. The molecular weight excluding hydrogens is 532 g/mol. The summed E-state index contributed by atoms with van der Waals surface area (Å²) < 4.78 is 11.1. The van der Waals surface area contributed by atoms with E-state index in [0.29, 0.717) is 12.8 Å². The molecule has 0 radical (unpaired) electrons. The van der Waals surface area contributed by atoms with E-state index in [1.54, 1.807) is 0 Å². The maximum atomic E-state index is 12.4. The molecule has 0 amide bonds. The van der Waals surface area contributed by atoms with Gasteiger partial charge in [-0.25, -0.2) is 9.59 Å². The zero-order valence-corrected chi connectivity index (χ0v) is 23.8. The first-order valence-electron chi connectivity index (χ1n) is 14.5. The summed E-state index contributed by atoms with van der Waals surface area (Å²) in [5.41, 5.74) is 6.08. The molecule has 1 aliphatic carbocycles.